The van der Waals surface area contributed by atoms with Crippen LogP contribution in [-0.4, -0.2) is 34.1 Å². The molecule has 0 radical (unpaired) electrons. The van der Waals surface area contributed by atoms with Crippen molar-refractivity contribution in [3.05, 3.63) is 34.9 Å². The number of nitrogens with one attached hydrogen (secondary N) is 1. The zero-order chi connectivity index (χ0) is 20.1. The second-order valence-corrected chi connectivity index (χ2v) is 8.13. The van der Waals surface area contributed by atoms with Crippen molar-refractivity contribution in [2.45, 2.75) is 52.5 Å². The molecule has 7 heteroatoms. The van der Waals surface area contributed by atoms with E-state index in [1.165, 1.54) is 12.2 Å². The number of aryl methyl sites for hydroxylation is 1. The number of carbonyl (C=O) groups excluding carboxylic acids is 1. The summed E-state index contributed by atoms with van der Waals surface area (Å²) in [5.41, 5.74) is 2.03. The molecule has 0 saturated carbocycles. The summed E-state index contributed by atoms with van der Waals surface area (Å²) in [5.74, 6) is 0.113. The number of rotatable bonds is 8. The Hall–Kier alpha value is -1.86. The lowest BCUT2D eigenvalue weighted by molar-refractivity contribution is -0.137. The maximum Gasteiger partial charge on any atom is 0.330 e. The molecule has 0 aliphatic rings. The van der Waals surface area contributed by atoms with E-state index in [0.29, 0.717) is 16.9 Å². The highest BCUT2D eigenvalue weighted by Gasteiger charge is 2.26. The standard InChI is InChI=1S/C19H29NO5S/c1-8-25-18(21)10-9-16(12(2)3)20-26(22,23)19-13(4)11-17(24-7)14(5)15(19)6/h9-12,16,20H,8H2,1-7H3/b10-9+. The Morgan fingerprint density at radius 2 is 1.85 bits per heavy atom. The largest absolute Gasteiger partial charge is 0.496 e. The van der Waals surface area contributed by atoms with Crippen LogP contribution in [0.5, 0.6) is 5.75 Å². The fraction of sp³-hybridized carbons (Fsp3) is 0.526. The number of carbonyl (C=O) groups is 1. The van der Waals surface area contributed by atoms with Crippen molar-refractivity contribution in [3.63, 3.8) is 0 Å². The van der Waals surface area contributed by atoms with Gasteiger partial charge in [-0.15, -0.1) is 0 Å². The number of sulfonamides is 1. The van der Waals surface area contributed by atoms with E-state index in [0.717, 1.165) is 5.56 Å². The quantitative estimate of drug-likeness (QED) is 0.551. The molecule has 1 aromatic carbocycles. The van der Waals surface area contributed by atoms with Gasteiger partial charge in [0.05, 0.1) is 18.6 Å². The summed E-state index contributed by atoms with van der Waals surface area (Å²) in [6, 6.07) is 1.18. The first-order chi connectivity index (χ1) is 12.0. The molecule has 0 aliphatic carbocycles. The second-order valence-electron chi connectivity index (χ2n) is 6.48. The van der Waals surface area contributed by atoms with E-state index in [1.807, 2.05) is 20.8 Å². The van der Waals surface area contributed by atoms with Crippen LogP contribution in [0.15, 0.2) is 23.1 Å². The number of benzene rings is 1. The lowest BCUT2D eigenvalue weighted by atomic mass is 10.1. The normalized spacial score (nSPS) is 13.2. The fourth-order valence-corrected chi connectivity index (χ4v) is 4.52. The SMILES string of the molecule is CCOC(=O)/C=C/C(NS(=O)(=O)c1c(C)cc(OC)c(C)c1C)C(C)C. The van der Waals surface area contributed by atoms with Crippen molar-refractivity contribution in [3.8, 4) is 5.75 Å². The summed E-state index contributed by atoms with van der Waals surface area (Å²) in [4.78, 5) is 11.8. The molecule has 0 saturated heterocycles. The summed E-state index contributed by atoms with van der Waals surface area (Å²) in [6.45, 7) is 11.1. The third-order valence-electron chi connectivity index (χ3n) is 4.20. The minimum atomic E-state index is -3.78. The summed E-state index contributed by atoms with van der Waals surface area (Å²) in [6.07, 6.45) is 2.79. The van der Waals surface area contributed by atoms with E-state index in [1.54, 1.807) is 33.9 Å². The van der Waals surface area contributed by atoms with Crippen molar-refractivity contribution in [1.29, 1.82) is 0 Å². The van der Waals surface area contributed by atoms with E-state index in [-0.39, 0.29) is 17.4 Å². The molecule has 0 aliphatic heterocycles. The fourth-order valence-electron chi connectivity index (χ4n) is 2.66. The van der Waals surface area contributed by atoms with Gasteiger partial charge in [-0.05, 0) is 56.4 Å². The molecule has 1 unspecified atom stereocenters. The maximum atomic E-state index is 13.0. The number of esters is 1. The van der Waals surface area contributed by atoms with Crippen molar-refractivity contribution in [2.24, 2.45) is 5.92 Å². The Morgan fingerprint density at radius 1 is 1.23 bits per heavy atom. The molecule has 1 N–H and O–H groups in total. The number of ether oxygens (including phenoxy) is 2. The summed E-state index contributed by atoms with van der Waals surface area (Å²) in [7, 11) is -2.22. The zero-order valence-electron chi connectivity index (χ0n) is 16.5. The van der Waals surface area contributed by atoms with Crippen LogP contribution < -0.4 is 9.46 Å². The lowest BCUT2D eigenvalue weighted by Gasteiger charge is -2.22. The minimum Gasteiger partial charge on any atom is -0.496 e. The first-order valence-corrected chi connectivity index (χ1v) is 10.1. The van der Waals surface area contributed by atoms with Crippen LogP contribution in [0.4, 0.5) is 0 Å². The molecule has 0 amide bonds. The van der Waals surface area contributed by atoms with Gasteiger partial charge in [0, 0.05) is 12.1 Å². The van der Waals surface area contributed by atoms with Gasteiger partial charge in [-0.2, -0.15) is 0 Å². The lowest BCUT2D eigenvalue weighted by Crippen LogP contribution is -2.38. The van der Waals surface area contributed by atoms with E-state index in [4.69, 9.17) is 9.47 Å². The third kappa shape index (κ3) is 5.32. The second kappa shape index (κ2) is 9.19. The maximum absolute atomic E-state index is 13.0. The molecule has 6 nitrogen and oxygen atoms in total. The third-order valence-corrected chi connectivity index (χ3v) is 5.95. The van der Waals surface area contributed by atoms with Crippen LogP contribution in [0.1, 0.15) is 37.5 Å². The molecule has 0 aromatic heterocycles. The van der Waals surface area contributed by atoms with Crippen molar-refractivity contribution in [1.82, 2.24) is 4.72 Å². The van der Waals surface area contributed by atoms with Crippen molar-refractivity contribution in [2.75, 3.05) is 13.7 Å². The average molecular weight is 384 g/mol. The van der Waals surface area contributed by atoms with Crippen LogP contribution >= 0.6 is 0 Å². The number of hydrogen-bond acceptors (Lipinski definition) is 5. The molecule has 0 heterocycles. The highest BCUT2D eigenvalue weighted by atomic mass is 32.2. The topological polar surface area (TPSA) is 81.7 Å². The van der Waals surface area contributed by atoms with Gasteiger partial charge in [0.1, 0.15) is 5.75 Å². The summed E-state index contributed by atoms with van der Waals surface area (Å²) in [5, 5.41) is 0. The smallest absolute Gasteiger partial charge is 0.330 e. The highest BCUT2D eigenvalue weighted by Crippen LogP contribution is 2.30. The Kier molecular flexibility index (Phi) is 7.84. The first-order valence-electron chi connectivity index (χ1n) is 8.57. The predicted molar refractivity (Wildman–Crippen MR) is 102 cm³/mol. The van der Waals surface area contributed by atoms with E-state index in [9.17, 15) is 13.2 Å². The molecular formula is C19H29NO5S. The highest BCUT2D eigenvalue weighted by molar-refractivity contribution is 7.89. The van der Waals surface area contributed by atoms with Crippen LogP contribution in [-0.2, 0) is 19.6 Å². The van der Waals surface area contributed by atoms with Crippen LogP contribution in [0.2, 0.25) is 0 Å². The predicted octanol–water partition coefficient (Wildman–Crippen LogP) is 3.04. The van der Waals surface area contributed by atoms with Gasteiger partial charge in [0.25, 0.3) is 0 Å². The Labute approximate surface area is 156 Å². The van der Waals surface area contributed by atoms with E-state index < -0.39 is 22.0 Å². The molecule has 1 aromatic rings. The Balaban J connectivity index is 3.25. The van der Waals surface area contributed by atoms with E-state index >= 15 is 0 Å². The summed E-state index contributed by atoms with van der Waals surface area (Å²) < 4.78 is 38.9. The van der Waals surface area contributed by atoms with Crippen molar-refractivity contribution < 1.29 is 22.7 Å². The zero-order valence-corrected chi connectivity index (χ0v) is 17.4. The molecular weight excluding hydrogens is 354 g/mol. The van der Waals surface area contributed by atoms with Gasteiger partial charge in [0.2, 0.25) is 10.0 Å². The Bertz CT molecular complexity index is 782. The van der Waals surface area contributed by atoms with Crippen LogP contribution in [0.3, 0.4) is 0 Å². The minimum absolute atomic E-state index is 0.0459. The van der Waals surface area contributed by atoms with Gasteiger partial charge in [-0.3, -0.25) is 0 Å². The van der Waals surface area contributed by atoms with E-state index in [2.05, 4.69) is 4.72 Å². The molecule has 1 rings (SSSR count). The van der Waals surface area contributed by atoms with Crippen molar-refractivity contribution >= 4 is 16.0 Å². The molecule has 1 atom stereocenters. The molecule has 0 spiro atoms. The van der Waals surface area contributed by atoms with Crippen LogP contribution in [0, 0.1) is 26.7 Å². The van der Waals surface area contributed by atoms with Gasteiger partial charge in [0.15, 0.2) is 0 Å². The monoisotopic (exact) mass is 383 g/mol. The molecule has 0 fully saturated rings. The molecule has 26 heavy (non-hydrogen) atoms. The summed E-state index contributed by atoms with van der Waals surface area (Å²) >= 11 is 0. The first kappa shape index (κ1) is 22.2. The van der Waals surface area contributed by atoms with Crippen LogP contribution in [0.25, 0.3) is 0 Å². The molecule has 146 valence electrons. The number of hydrogen-bond donors (Lipinski definition) is 1. The van der Waals surface area contributed by atoms with Gasteiger partial charge < -0.3 is 9.47 Å². The van der Waals surface area contributed by atoms with Gasteiger partial charge in [-0.1, -0.05) is 19.9 Å². The number of methoxy groups -OCH3 is 1. The van der Waals surface area contributed by atoms with Gasteiger partial charge in [-0.25, -0.2) is 17.9 Å². The Morgan fingerprint density at radius 3 is 2.35 bits per heavy atom. The average Bonchev–Trinajstić information content (AvgIpc) is 2.54. The van der Waals surface area contributed by atoms with Gasteiger partial charge >= 0.3 is 5.97 Å². The molecule has 0 bridgehead atoms.